The lowest BCUT2D eigenvalue weighted by atomic mass is 10.00. The lowest BCUT2D eigenvalue weighted by molar-refractivity contribution is -0.161. The lowest BCUT2D eigenvalue weighted by Gasteiger charge is -2.21. The molecule has 0 radical (unpaired) electrons. The SMILES string of the molecule is CCCCCCCCCCCCCCCCCCCCC(=O)O[C@H](COC(=O)CCCCCCCCC(C)CC)COP(=O)(O)OC[C@@H](O)COP(=O)(O)OC[C@@H](COC(=O)CCCCCCCCC(C)C)OC(=O)CCCCCCCCC(C)C. The van der Waals surface area contributed by atoms with Crippen LogP contribution in [0.5, 0.6) is 0 Å². The molecule has 0 aromatic heterocycles. The van der Waals surface area contributed by atoms with E-state index in [0.717, 1.165) is 109 Å². The summed E-state index contributed by atoms with van der Waals surface area (Å²) in [5, 5.41) is 10.5. The van der Waals surface area contributed by atoms with Gasteiger partial charge in [0.2, 0.25) is 0 Å². The van der Waals surface area contributed by atoms with Crippen LogP contribution in [0.4, 0.5) is 0 Å². The van der Waals surface area contributed by atoms with Crippen molar-refractivity contribution >= 4 is 39.5 Å². The Morgan fingerprint density at radius 2 is 0.593 bits per heavy atom. The van der Waals surface area contributed by atoms with Gasteiger partial charge in [-0.25, -0.2) is 9.13 Å². The Kier molecular flexibility index (Phi) is 56.9. The van der Waals surface area contributed by atoms with Gasteiger partial charge in [0.1, 0.15) is 19.3 Å². The van der Waals surface area contributed by atoms with Gasteiger partial charge in [-0.05, 0) is 43.4 Å². The standard InChI is InChI=1S/C67H130O17P2/c1-8-10-11-12-13-14-15-16-17-18-19-20-21-22-23-24-36-43-50-66(71)83-62(54-78-65(70)49-42-35-30-27-33-40-47-60(7)9-2)56-81-85(73,74)79-52-61(68)53-80-86(75,76)82-57-63(84-67(72)51-44-37-29-26-32-39-46-59(5)6)55-77-64(69)48-41-34-28-25-31-38-45-58(3)4/h58-63,68H,8-57H2,1-7H3,(H,73,74)(H,75,76)/t60?,61-,62-,63-/m1/s1. The minimum atomic E-state index is -4.95. The highest BCUT2D eigenvalue weighted by atomic mass is 31.2. The summed E-state index contributed by atoms with van der Waals surface area (Å²) in [7, 11) is -9.89. The average Bonchev–Trinajstić information content (AvgIpc) is 3.69. The molecule has 510 valence electrons. The number of hydrogen-bond donors (Lipinski definition) is 3. The summed E-state index contributed by atoms with van der Waals surface area (Å²) in [5.74, 6) is -0.0592. The van der Waals surface area contributed by atoms with Crippen LogP contribution in [0.25, 0.3) is 0 Å². The molecule has 0 saturated heterocycles. The third-order valence-electron chi connectivity index (χ3n) is 15.7. The largest absolute Gasteiger partial charge is 0.472 e. The fourth-order valence-corrected chi connectivity index (χ4v) is 11.6. The summed E-state index contributed by atoms with van der Waals surface area (Å²) in [5.41, 5.74) is 0. The highest BCUT2D eigenvalue weighted by Gasteiger charge is 2.30. The molecule has 0 rings (SSSR count). The van der Waals surface area contributed by atoms with Gasteiger partial charge in [0.05, 0.1) is 26.4 Å². The molecule has 0 fully saturated rings. The number of aliphatic hydroxyl groups is 1. The number of hydrogen-bond acceptors (Lipinski definition) is 15. The van der Waals surface area contributed by atoms with E-state index in [1.165, 1.54) is 128 Å². The maximum Gasteiger partial charge on any atom is 0.472 e. The van der Waals surface area contributed by atoms with Gasteiger partial charge in [0, 0.05) is 25.7 Å². The Labute approximate surface area is 524 Å². The number of phosphoric acid groups is 2. The van der Waals surface area contributed by atoms with Crippen molar-refractivity contribution in [3.05, 3.63) is 0 Å². The smallest absolute Gasteiger partial charge is 0.462 e. The monoisotopic (exact) mass is 1270 g/mol. The number of carbonyl (C=O) groups excluding carboxylic acids is 4. The summed E-state index contributed by atoms with van der Waals surface area (Å²) in [6.45, 7) is 11.6. The van der Waals surface area contributed by atoms with Crippen LogP contribution < -0.4 is 0 Å². The van der Waals surface area contributed by atoms with Crippen molar-refractivity contribution in [1.82, 2.24) is 0 Å². The van der Waals surface area contributed by atoms with Gasteiger partial charge < -0.3 is 33.8 Å². The summed E-state index contributed by atoms with van der Waals surface area (Å²) >= 11 is 0. The van der Waals surface area contributed by atoms with Crippen molar-refractivity contribution in [3.63, 3.8) is 0 Å². The van der Waals surface area contributed by atoms with Gasteiger partial charge in [-0.2, -0.15) is 0 Å². The maximum absolute atomic E-state index is 13.0. The van der Waals surface area contributed by atoms with Gasteiger partial charge in [-0.15, -0.1) is 0 Å². The number of ether oxygens (including phenoxy) is 4. The minimum Gasteiger partial charge on any atom is -0.462 e. The van der Waals surface area contributed by atoms with Crippen LogP contribution in [0, 0.1) is 17.8 Å². The van der Waals surface area contributed by atoms with Crippen LogP contribution in [0.2, 0.25) is 0 Å². The molecule has 3 unspecified atom stereocenters. The fourth-order valence-electron chi connectivity index (χ4n) is 9.98. The van der Waals surface area contributed by atoms with Crippen molar-refractivity contribution in [1.29, 1.82) is 0 Å². The minimum absolute atomic E-state index is 0.101. The fraction of sp³-hybridized carbons (Fsp3) is 0.940. The second kappa shape index (κ2) is 58.2. The van der Waals surface area contributed by atoms with Crippen LogP contribution in [0.15, 0.2) is 0 Å². The predicted molar refractivity (Wildman–Crippen MR) is 344 cm³/mol. The van der Waals surface area contributed by atoms with Gasteiger partial charge in [-0.1, -0.05) is 280 Å². The van der Waals surface area contributed by atoms with E-state index in [9.17, 15) is 43.2 Å². The van der Waals surface area contributed by atoms with Crippen molar-refractivity contribution in [3.8, 4) is 0 Å². The van der Waals surface area contributed by atoms with E-state index in [-0.39, 0.29) is 25.7 Å². The van der Waals surface area contributed by atoms with Crippen LogP contribution in [0.3, 0.4) is 0 Å². The molecule has 0 aromatic rings. The third-order valence-corrected chi connectivity index (χ3v) is 17.6. The van der Waals surface area contributed by atoms with Gasteiger partial charge >= 0.3 is 39.5 Å². The summed E-state index contributed by atoms with van der Waals surface area (Å²) < 4.78 is 68.0. The molecule has 0 aromatic carbocycles. The van der Waals surface area contributed by atoms with Gasteiger partial charge in [0.25, 0.3) is 0 Å². The Hall–Kier alpha value is -1.94. The zero-order chi connectivity index (χ0) is 63.8. The quantitative estimate of drug-likeness (QED) is 0.0222. The molecule has 0 spiro atoms. The van der Waals surface area contributed by atoms with E-state index in [1.54, 1.807) is 0 Å². The van der Waals surface area contributed by atoms with Crippen LogP contribution >= 0.6 is 15.6 Å². The molecule has 86 heavy (non-hydrogen) atoms. The van der Waals surface area contributed by atoms with Crippen molar-refractivity contribution in [2.75, 3.05) is 39.6 Å². The first-order valence-electron chi connectivity index (χ1n) is 34.9. The molecule has 0 aliphatic rings. The van der Waals surface area contributed by atoms with E-state index >= 15 is 0 Å². The molecule has 19 heteroatoms. The van der Waals surface area contributed by atoms with Gasteiger partial charge in [-0.3, -0.25) is 37.3 Å². The molecule has 0 saturated carbocycles. The Morgan fingerprint density at radius 3 is 0.884 bits per heavy atom. The topological polar surface area (TPSA) is 237 Å². The second-order valence-electron chi connectivity index (χ2n) is 25.4. The van der Waals surface area contributed by atoms with E-state index in [1.807, 2.05) is 0 Å². The van der Waals surface area contributed by atoms with Crippen molar-refractivity contribution < 1.29 is 80.2 Å². The lowest BCUT2D eigenvalue weighted by Crippen LogP contribution is -2.30. The first kappa shape index (κ1) is 84.1. The molecular formula is C67H130O17P2. The first-order chi connectivity index (χ1) is 41.3. The summed E-state index contributed by atoms with van der Waals surface area (Å²) in [6.07, 6.45) is 40.8. The number of esters is 4. The number of aliphatic hydroxyl groups excluding tert-OH is 1. The molecule has 6 atom stereocenters. The molecule has 17 nitrogen and oxygen atoms in total. The molecular weight excluding hydrogens is 1140 g/mol. The predicted octanol–water partition coefficient (Wildman–Crippen LogP) is 18.7. The maximum atomic E-state index is 13.0. The Bertz CT molecular complexity index is 1700. The van der Waals surface area contributed by atoms with E-state index in [0.29, 0.717) is 37.5 Å². The number of unbranched alkanes of at least 4 members (excludes halogenated alkanes) is 32. The molecule has 0 heterocycles. The Balaban J connectivity index is 5.19. The molecule has 3 N–H and O–H groups in total. The zero-order valence-corrected chi connectivity index (χ0v) is 57.6. The molecule has 0 aliphatic carbocycles. The summed E-state index contributed by atoms with van der Waals surface area (Å²) in [4.78, 5) is 72.3. The summed E-state index contributed by atoms with van der Waals surface area (Å²) in [6, 6.07) is 0. The zero-order valence-electron chi connectivity index (χ0n) is 55.8. The average molecular weight is 1270 g/mol. The van der Waals surface area contributed by atoms with E-state index < -0.39 is 97.5 Å². The molecule has 0 aliphatic heterocycles. The second-order valence-corrected chi connectivity index (χ2v) is 28.3. The molecule has 0 amide bonds. The van der Waals surface area contributed by atoms with Crippen LogP contribution in [0.1, 0.15) is 331 Å². The number of phosphoric ester groups is 2. The van der Waals surface area contributed by atoms with Gasteiger partial charge in [0.15, 0.2) is 12.2 Å². The van der Waals surface area contributed by atoms with Crippen LogP contribution in [-0.4, -0.2) is 96.7 Å². The van der Waals surface area contributed by atoms with E-state index in [4.69, 9.17) is 37.0 Å². The van der Waals surface area contributed by atoms with Crippen LogP contribution in [-0.2, 0) is 65.4 Å². The van der Waals surface area contributed by atoms with Crippen molar-refractivity contribution in [2.24, 2.45) is 17.8 Å². The third kappa shape index (κ3) is 59.7. The van der Waals surface area contributed by atoms with Crippen molar-refractivity contribution in [2.45, 2.75) is 349 Å². The number of rotatable bonds is 65. The van der Waals surface area contributed by atoms with E-state index in [2.05, 4.69) is 48.5 Å². The normalized spacial score (nSPS) is 14.6. The first-order valence-corrected chi connectivity index (χ1v) is 37.9. The highest BCUT2D eigenvalue weighted by Crippen LogP contribution is 2.45. The number of carbonyl (C=O) groups is 4. The Morgan fingerprint density at radius 1 is 0.337 bits per heavy atom. The highest BCUT2D eigenvalue weighted by molar-refractivity contribution is 7.47. The molecule has 0 bridgehead atoms.